The zero-order valence-electron chi connectivity index (χ0n) is 44.4. The van der Waals surface area contributed by atoms with Crippen molar-refractivity contribution in [2.75, 3.05) is 19.8 Å². The number of fused-ring (bicyclic) bond motifs is 8. The van der Waals surface area contributed by atoms with Crippen LogP contribution in [0.5, 0.6) is 17.2 Å². The van der Waals surface area contributed by atoms with Gasteiger partial charge in [-0.05, 0) is 107 Å². The number of aromatic amines is 2. The number of hydrogen-bond acceptors (Lipinski definition) is 20. The van der Waals surface area contributed by atoms with E-state index in [2.05, 4.69) is 9.97 Å². The SMILES string of the molecule is OC[C@H]1O[C@@H](Oc2cccc(-c3c4nc(c(-c5cccc(O[C@@H]6O[C@H](CO)[C@@H](O)[C@H](O)[C@H]6O)c5)c5ccc([nH]5)c(-c5cccc(O[C@@H]6O[C@H](CO)[C@@H](O)[C@H](O)[C@H]6O)c5)c5nc(c(-c6ccccc6)c6ccc3[nH]6)C=C5)C=C4)c2)[C@H](O)[C@@H](O)[C@@H]1O. The molecule has 3 saturated heterocycles. The van der Waals surface area contributed by atoms with Gasteiger partial charge in [-0.3, -0.25) is 0 Å². The third kappa shape index (κ3) is 10.8. The van der Waals surface area contributed by atoms with Crippen molar-refractivity contribution in [2.24, 2.45) is 0 Å². The number of aliphatic hydroxyl groups excluding tert-OH is 12. The summed E-state index contributed by atoms with van der Waals surface area (Å²) in [6.45, 7) is -1.96. The van der Waals surface area contributed by atoms with Crippen molar-refractivity contribution in [3.63, 3.8) is 0 Å². The van der Waals surface area contributed by atoms with Crippen LogP contribution in [0.1, 0.15) is 22.8 Å². The third-order valence-corrected chi connectivity index (χ3v) is 15.5. The van der Waals surface area contributed by atoms with Crippen LogP contribution in [-0.2, 0) is 14.2 Å². The Kier molecular flexibility index (Phi) is 16.0. The normalized spacial score (nSPS) is 28.5. The molecule has 14 N–H and O–H groups in total. The molecule has 7 aromatic rings. The Hall–Kier alpha value is -7.72. The summed E-state index contributed by atoms with van der Waals surface area (Å²) >= 11 is 0. The minimum absolute atomic E-state index is 0.180. The number of hydrogen-bond donors (Lipinski definition) is 14. The highest BCUT2D eigenvalue weighted by Crippen LogP contribution is 2.41. The number of nitrogens with zero attached hydrogens (tertiary/aromatic N) is 2. The van der Waals surface area contributed by atoms with E-state index in [9.17, 15) is 61.3 Å². The van der Waals surface area contributed by atoms with E-state index >= 15 is 0 Å². The van der Waals surface area contributed by atoms with Crippen LogP contribution in [0, 0.1) is 0 Å². The van der Waals surface area contributed by atoms with Crippen LogP contribution in [0.25, 0.3) is 90.9 Å². The molecule has 8 heterocycles. The molecule has 5 aliphatic heterocycles. The number of H-pyrrole nitrogens is 2. The van der Waals surface area contributed by atoms with Crippen molar-refractivity contribution < 1.29 is 89.7 Å². The maximum absolute atomic E-state index is 11.0. The van der Waals surface area contributed by atoms with Crippen LogP contribution in [0.2, 0.25) is 0 Å². The highest BCUT2D eigenvalue weighted by atomic mass is 16.7. The topological polar surface area (TPSA) is 356 Å². The Labute approximate surface area is 478 Å². The fraction of sp³-hybridized carbons (Fsp3) is 0.290. The number of nitrogens with one attached hydrogen (secondary N) is 2. The second-order valence-corrected chi connectivity index (χ2v) is 20.9. The van der Waals surface area contributed by atoms with Gasteiger partial charge in [-0.2, -0.15) is 0 Å². The van der Waals surface area contributed by atoms with Crippen LogP contribution in [-0.4, -0.2) is 193 Å². The summed E-state index contributed by atoms with van der Waals surface area (Å²) in [5.41, 5.74) is 9.44. The molecule has 3 aromatic heterocycles. The number of ether oxygens (including phenoxy) is 6. The molecule has 0 spiro atoms. The van der Waals surface area contributed by atoms with E-state index in [0.29, 0.717) is 78.2 Å². The fourth-order valence-corrected chi connectivity index (χ4v) is 11.1. The number of aliphatic hydroxyl groups is 12. The van der Waals surface area contributed by atoms with Gasteiger partial charge < -0.3 is 99.7 Å². The first-order valence-corrected chi connectivity index (χ1v) is 27.1. The maximum atomic E-state index is 11.0. The van der Waals surface area contributed by atoms with E-state index in [-0.39, 0.29) is 17.2 Å². The summed E-state index contributed by atoms with van der Waals surface area (Å²) < 4.78 is 35.6. The van der Waals surface area contributed by atoms with Crippen LogP contribution in [0.3, 0.4) is 0 Å². The van der Waals surface area contributed by atoms with Gasteiger partial charge >= 0.3 is 0 Å². The molecule has 4 aromatic carbocycles. The molecule has 0 aliphatic carbocycles. The largest absolute Gasteiger partial charge is 0.462 e. The van der Waals surface area contributed by atoms with Gasteiger partial charge in [-0.15, -0.1) is 0 Å². The average Bonchev–Trinajstić information content (AvgIpc) is 4.56. The summed E-state index contributed by atoms with van der Waals surface area (Å²) in [5.74, 6) is 0.598. The summed E-state index contributed by atoms with van der Waals surface area (Å²) in [5, 5.41) is 126. The molecule has 8 bridgehead atoms. The van der Waals surface area contributed by atoms with Crippen molar-refractivity contribution in [1.29, 1.82) is 0 Å². The van der Waals surface area contributed by atoms with Crippen molar-refractivity contribution in [3.05, 3.63) is 150 Å². The summed E-state index contributed by atoms with van der Waals surface area (Å²) in [7, 11) is 0. The zero-order chi connectivity index (χ0) is 58.5. The molecule has 0 radical (unpaired) electrons. The fourth-order valence-electron chi connectivity index (χ4n) is 11.1. The molecule has 22 nitrogen and oxygen atoms in total. The number of rotatable bonds is 13. The molecular weight excluding hydrogens is 1090 g/mol. The van der Waals surface area contributed by atoms with Crippen LogP contribution in [0.4, 0.5) is 0 Å². The quantitative estimate of drug-likeness (QED) is 0.0789. The predicted molar refractivity (Wildman–Crippen MR) is 304 cm³/mol. The van der Waals surface area contributed by atoms with Crippen LogP contribution >= 0.6 is 0 Å². The number of benzene rings is 4. The lowest BCUT2D eigenvalue weighted by Crippen LogP contribution is -2.60. The second-order valence-electron chi connectivity index (χ2n) is 20.9. The van der Waals surface area contributed by atoms with Gasteiger partial charge in [0, 0.05) is 44.3 Å². The zero-order valence-corrected chi connectivity index (χ0v) is 44.4. The average molecular weight is 1150 g/mol. The minimum Gasteiger partial charge on any atom is -0.462 e. The molecule has 3 fully saturated rings. The smallest absolute Gasteiger partial charge is 0.229 e. The highest BCUT2D eigenvalue weighted by Gasteiger charge is 2.47. The standard InChI is InChI=1S/C62H60N4O18/c67-26-44-51(70)54(73)57(76)60(82-44)79-33-12-4-9-30(23-33)48-38-17-15-36(63-38)47(29-7-2-1-3-8-29)37-16-18-39(64-37)49(31-10-5-13-34(24-31)80-61-58(77)55(74)52(71)45(27-68)83-61)41-20-22-43(66-41)50(42-21-19-40(48)65-42)32-11-6-14-35(25-32)81-62-59(78)56(75)53(72)46(28-69)84-62/h1-25,44-46,51-63,66-78H,26-28H2/t44-,45-,46-,51-,52-,53-,54+,55+,56+,57-,58-,59-,60-,61-,62-/m1/s1. The van der Waals surface area contributed by atoms with E-state index in [1.165, 1.54) is 0 Å². The number of aromatic nitrogens is 4. The third-order valence-electron chi connectivity index (χ3n) is 15.5. The van der Waals surface area contributed by atoms with Crippen LogP contribution < -0.4 is 14.2 Å². The van der Waals surface area contributed by atoms with E-state index < -0.39 is 112 Å². The summed E-state index contributed by atoms with van der Waals surface area (Å²) in [6.07, 6.45) is -15.5. The Bertz CT molecular complexity index is 3690. The van der Waals surface area contributed by atoms with Crippen molar-refractivity contribution in [3.8, 4) is 61.8 Å². The lowest BCUT2D eigenvalue weighted by atomic mass is 9.99. The van der Waals surface area contributed by atoms with Crippen molar-refractivity contribution in [1.82, 2.24) is 19.9 Å². The Morgan fingerprint density at radius 3 is 0.917 bits per heavy atom. The molecule has 0 amide bonds. The van der Waals surface area contributed by atoms with Gasteiger partial charge in [0.2, 0.25) is 18.9 Å². The van der Waals surface area contributed by atoms with Crippen LogP contribution in [0.15, 0.2) is 127 Å². The van der Waals surface area contributed by atoms with E-state index in [1.807, 2.05) is 97.1 Å². The van der Waals surface area contributed by atoms with E-state index in [4.69, 9.17) is 38.4 Å². The van der Waals surface area contributed by atoms with E-state index in [1.54, 1.807) is 54.6 Å². The summed E-state index contributed by atoms with van der Waals surface area (Å²) in [4.78, 5) is 18.0. The summed E-state index contributed by atoms with van der Waals surface area (Å²) in [6, 6.07) is 38.0. The van der Waals surface area contributed by atoms with Gasteiger partial charge in [-0.1, -0.05) is 66.7 Å². The minimum atomic E-state index is -1.70. The van der Waals surface area contributed by atoms with Gasteiger partial charge in [0.1, 0.15) is 90.5 Å². The monoisotopic (exact) mass is 1150 g/mol. The molecule has 15 atom stereocenters. The lowest BCUT2D eigenvalue weighted by Gasteiger charge is -2.39. The highest BCUT2D eigenvalue weighted by molar-refractivity contribution is 6.00. The molecular formula is C62H60N4O18. The maximum Gasteiger partial charge on any atom is 0.229 e. The lowest BCUT2D eigenvalue weighted by molar-refractivity contribution is -0.277. The second kappa shape index (κ2) is 23.7. The predicted octanol–water partition coefficient (Wildman–Crippen LogP) is 2.86. The van der Waals surface area contributed by atoms with Crippen molar-refractivity contribution in [2.45, 2.75) is 92.1 Å². The Morgan fingerprint density at radius 1 is 0.333 bits per heavy atom. The first kappa shape index (κ1) is 56.7. The molecule has 0 unspecified atom stereocenters. The molecule has 5 aliphatic rings. The molecule has 22 heteroatoms. The first-order valence-electron chi connectivity index (χ1n) is 27.1. The van der Waals surface area contributed by atoms with Gasteiger partial charge in [-0.25, -0.2) is 9.97 Å². The van der Waals surface area contributed by atoms with Crippen molar-refractivity contribution >= 4 is 46.4 Å². The van der Waals surface area contributed by atoms with Gasteiger partial charge in [0.25, 0.3) is 0 Å². The first-order chi connectivity index (χ1) is 40.7. The Morgan fingerprint density at radius 2 is 0.619 bits per heavy atom. The molecule has 436 valence electrons. The van der Waals surface area contributed by atoms with Gasteiger partial charge in [0.05, 0.1) is 42.6 Å². The molecule has 12 rings (SSSR count). The molecule has 84 heavy (non-hydrogen) atoms. The molecule has 0 saturated carbocycles. The van der Waals surface area contributed by atoms with E-state index in [0.717, 1.165) is 11.1 Å². The Balaban J connectivity index is 1.08. The van der Waals surface area contributed by atoms with Gasteiger partial charge in [0.15, 0.2) is 0 Å².